The van der Waals surface area contributed by atoms with Crippen molar-refractivity contribution in [1.29, 1.82) is 0 Å². The molecular weight excluding hydrogens is 417 g/mol. The smallest absolute Gasteiger partial charge is 0.418 e. The number of carbonyl (C=O) groups excluding carboxylic acids is 2. The minimum Gasteiger partial charge on any atom is -0.465 e. The predicted octanol–water partition coefficient (Wildman–Crippen LogP) is 4.46. The molecule has 0 spiro atoms. The number of thiophene rings is 1. The van der Waals surface area contributed by atoms with Gasteiger partial charge in [-0.1, -0.05) is 12.1 Å². The topological polar surface area (TPSA) is 76.7 Å². The molecule has 0 amide bonds. The zero-order chi connectivity index (χ0) is 21.1. The van der Waals surface area contributed by atoms with Crippen molar-refractivity contribution in [2.45, 2.75) is 13.1 Å². The first-order chi connectivity index (χ1) is 13.1. The third kappa shape index (κ3) is 4.60. The third-order valence-corrected chi connectivity index (χ3v) is 5.01. The quantitative estimate of drug-likeness (QED) is 0.546. The number of anilines is 2. The number of halogens is 3. The number of hydrogen-bond acceptors (Lipinski definition) is 6. The number of para-hydroxylation sites is 1. The van der Waals surface area contributed by atoms with Crippen molar-refractivity contribution in [3.8, 4) is 0 Å². The average Bonchev–Trinajstić information content (AvgIpc) is 2.95. The van der Waals surface area contributed by atoms with Gasteiger partial charge in [0.05, 0.1) is 31.0 Å². The van der Waals surface area contributed by atoms with E-state index in [1.165, 1.54) is 32.2 Å². The number of thiocarbonyl (C=S) groups is 1. The summed E-state index contributed by atoms with van der Waals surface area (Å²) in [6.07, 6.45) is -4.58. The molecule has 1 heterocycles. The fraction of sp³-hybridized carbons (Fsp3) is 0.235. The highest BCUT2D eigenvalue weighted by atomic mass is 32.1. The van der Waals surface area contributed by atoms with Crippen LogP contribution in [0.2, 0.25) is 0 Å². The van der Waals surface area contributed by atoms with E-state index in [-0.39, 0.29) is 26.2 Å². The van der Waals surface area contributed by atoms with Gasteiger partial charge in [0.15, 0.2) is 5.11 Å². The lowest BCUT2D eigenvalue weighted by atomic mass is 10.1. The summed E-state index contributed by atoms with van der Waals surface area (Å²) in [6, 6.07) is 4.81. The van der Waals surface area contributed by atoms with E-state index in [0.717, 1.165) is 24.5 Å². The Morgan fingerprint density at radius 1 is 1.07 bits per heavy atom. The predicted molar refractivity (Wildman–Crippen MR) is 103 cm³/mol. The molecule has 1 aromatic carbocycles. The Morgan fingerprint density at radius 2 is 1.68 bits per heavy atom. The van der Waals surface area contributed by atoms with Gasteiger partial charge in [0.1, 0.15) is 9.88 Å². The van der Waals surface area contributed by atoms with E-state index in [1.807, 2.05) is 0 Å². The van der Waals surface area contributed by atoms with Crippen LogP contribution in [0.15, 0.2) is 24.3 Å². The molecular formula is C17H15F3N2O4S2. The largest absolute Gasteiger partial charge is 0.465 e. The number of methoxy groups -OCH3 is 2. The Balaban J connectivity index is 2.35. The van der Waals surface area contributed by atoms with Gasteiger partial charge in [-0.2, -0.15) is 13.2 Å². The van der Waals surface area contributed by atoms with Gasteiger partial charge in [0, 0.05) is 0 Å². The Morgan fingerprint density at radius 3 is 2.25 bits per heavy atom. The van der Waals surface area contributed by atoms with Gasteiger partial charge in [0.25, 0.3) is 0 Å². The lowest BCUT2D eigenvalue weighted by Crippen LogP contribution is -2.22. The molecule has 6 nitrogen and oxygen atoms in total. The standard InChI is InChI=1S/C17H15F3N2O4S2/c1-8-11(14(23)25-2)13(28-12(8)15(24)26-3)22-16(27)21-10-7-5-4-6-9(10)17(18,19)20/h4-7H,1-3H3,(H2,21,22,27). The van der Waals surface area contributed by atoms with E-state index in [1.54, 1.807) is 0 Å². The Bertz CT molecular complexity index is 926. The second kappa shape index (κ2) is 8.57. The van der Waals surface area contributed by atoms with Crippen LogP contribution in [0.4, 0.5) is 23.9 Å². The van der Waals surface area contributed by atoms with Crippen LogP contribution in [-0.4, -0.2) is 31.3 Å². The van der Waals surface area contributed by atoms with Gasteiger partial charge in [-0.25, -0.2) is 9.59 Å². The average molecular weight is 432 g/mol. The van der Waals surface area contributed by atoms with Gasteiger partial charge in [0.2, 0.25) is 0 Å². The number of carbonyl (C=O) groups is 2. The third-order valence-electron chi connectivity index (χ3n) is 3.61. The first kappa shape index (κ1) is 21.6. The minimum absolute atomic E-state index is 0.0427. The van der Waals surface area contributed by atoms with Crippen LogP contribution in [0.5, 0.6) is 0 Å². The zero-order valence-corrected chi connectivity index (χ0v) is 16.5. The summed E-state index contributed by atoms with van der Waals surface area (Å²) < 4.78 is 48.7. The highest BCUT2D eigenvalue weighted by molar-refractivity contribution is 7.80. The maximum absolute atomic E-state index is 13.1. The molecule has 0 aliphatic heterocycles. The lowest BCUT2D eigenvalue weighted by molar-refractivity contribution is -0.136. The number of rotatable bonds is 4. The van der Waals surface area contributed by atoms with Crippen LogP contribution >= 0.6 is 23.6 Å². The maximum Gasteiger partial charge on any atom is 0.418 e. The number of ether oxygens (including phenoxy) is 2. The number of nitrogens with one attached hydrogen (secondary N) is 2. The molecule has 0 aliphatic rings. The van der Waals surface area contributed by atoms with Crippen molar-refractivity contribution in [2.24, 2.45) is 0 Å². The molecule has 0 unspecified atom stereocenters. The Labute approximate surface area is 167 Å². The zero-order valence-electron chi connectivity index (χ0n) is 14.9. The molecule has 0 radical (unpaired) electrons. The van der Waals surface area contributed by atoms with Crippen molar-refractivity contribution >= 4 is 51.3 Å². The fourth-order valence-electron chi connectivity index (χ4n) is 2.33. The van der Waals surface area contributed by atoms with Crippen molar-refractivity contribution < 1.29 is 32.2 Å². The number of esters is 2. The fourth-order valence-corrected chi connectivity index (χ4v) is 3.73. The maximum atomic E-state index is 13.1. The molecule has 2 aromatic rings. The van der Waals surface area contributed by atoms with E-state index < -0.39 is 23.7 Å². The van der Waals surface area contributed by atoms with Crippen molar-refractivity contribution in [1.82, 2.24) is 0 Å². The number of alkyl halides is 3. The Kier molecular flexibility index (Phi) is 6.62. The summed E-state index contributed by atoms with van der Waals surface area (Å²) in [4.78, 5) is 24.1. The molecule has 28 heavy (non-hydrogen) atoms. The van der Waals surface area contributed by atoms with Crippen LogP contribution in [0.3, 0.4) is 0 Å². The second-order valence-electron chi connectivity index (χ2n) is 5.37. The van der Waals surface area contributed by atoms with Crippen LogP contribution in [-0.2, 0) is 15.7 Å². The van der Waals surface area contributed by atoms with Gasteiger partial charge in [-0.05, 0) is 36.8 Å². The van der Waals surface area contributed by atoms with Crippen molar-refractivity contribution in [3.05, 3.63) is 45.8 Å². The number of benzene rings is 1. The summed E-state index contributed by atoms with van der Waals surface area (Å²) in [5, 5.41) is 5.07. The summed E-state index contributed by atoms with van der Waals surface area (Å²) in [5.41, 5.74) is -0.801. The monoisotopic (exact) mass is 432 g/mol. The van der Waals surface area contributed by atoms with Crippen LogP contribution in [0.1, 0.15) is 31.2 Å². The summed E-state index contributed by atoms with van der Waals surface area (Å²) in [6.45, 7) is 1.52. The number of hydrogen-bond donors (Lipinski definition) is 2. The van der Waals surface area contributed by atoms with Crippen molar-refractivity contribution in [3.63, 3.8) is 0 Å². The van der Waals surface area contributed by atoms with Crippen LogP contribution < -0.4 is 10.6 Å². The van der Waals surface area contributed by atoms with Gasteiger partial charge in [-0.15, -0.1) is 11.3 Å². The molecule has 0 fully saturated rings. The lowest BCUT2D eigenvalue weighted by Gasteiger charge is -2.15. The van der Waals surface area contributed by atoms with E-state index in [4.69, 9.17) is 17.0 Å². The summed E-state index contributed by atoms with van der Waals surface area (Å²) >= 11 is 5.95. The molecule has 0 aliphatic carbocycles. The first-order valence-electron chi connectivity index (χ1n) is 7.64. The molecule has 0 atom stereocenters. The molecule has 2 rings (SSSR count). The van der Waals surface area contributed by atoms with Crippen LogP contribution in [0.25, 0.3) is 0 Å². The SMILES string of the molecule is COC(=O)c1sc(NC(=S)Nc2ccccc2C(F)(F)F)c(C(=O)OC)c1C. The molecule has 0 bridgehead atoms. The minimum atomic E-state index is -4.58. The molecule has 0 saturated carbocycles. The van der Waals surface area contributed by atoms with Crippen LogP contribution in [0, 0.1) is 6.92 Å². The summed E-state index contributed by atoms with van der Waals surface area (Å²) in [5.74, 6) is -1.40. The Hall–Kier alpha value is -2.66. The van der Waals surface area contributed by atoms with Gasteiger partial charge in [-0.3, -0.25) is 0 Å². The van der Waals surface area contributed by atoms with E-state index in [9.17, 15) is 22.8 Å². The second-order valence-corrected chi connectivity index (χ2v) is 6.79. The molecule has 1 aromatic heterocycles. The molecule has 0 saturated heterocycles. The van der Waals surface area contributed by atoms with E-state index >= 15 is 0 Å². The highest BCUT2D eigenvalue weighted by Gasteiger charge is 2.33. The van der Waals surface area contributed by atoms with Gasteiger partial charge < -0.3 is 20.1 Å². The van der Waals surface area contributed by atoms with E-state index in [0.29, 0.717) is 5.56 Å². The molecule has 2 N–H and O–H groups in total. The van der Waals surface area contributed by atoms with Gasteiger partial charge >= 0.3 is 18.1 Å². The van der Waals surface area contributed by atoms with Crippen molar-refractivity contribution in [2.75, 3.05) is 24.9 Å². The highest BCUT2D eigenvalue weighted by Crippen LogP contribution is 2.36. The molecule has 150 valence electrons. The first-order valence-corrected chi connectivity index (χ1v) is 8.86. The van der Waals surface area contributed by atoms with E-state index in [2.05, 4.69) is 15.4 Å². The summed E-state index contributed by atoms with van der Waals surface area (Å²) in [7, 11) is 2.35. The molecule has 11 heteroatoms. The normalized spacial score (nSPS) is 10.9.